The van der Waals surface area contributed by atoms with E-state index in [1.807, 2.05) is 85.8 Å². The van der Waals surface area contributed by atoms with Crippen LogP contribution in [0.4, 0.5) is 5.69 Å². The lowest BCUT2D eigenvalue weighted by molar-refractivity contribution is -0.143. The monoisotopic (exact) mass is 471 g/mol. The quantitative estimate of drug-likeness (QED) is 0.615. The number of fused-ring (bicyclic) bond motifs is 1. The highest BCUT2D eigenvalue weighted by Crippen LogP contribution is 2.31. The van der Waals surface area contributed by atoms with Gasteiger partial charge in [0.1, 0.15) is 6.61 Å². The average molecular weight is 472 g/mol. The first-order chi connectivity index (χ1) is 17.1. The SMILES string of the molecule is C[C@H](C(=O)Nc1ccccc1-c1ccccc1)N1CCN(C(=O)[C@H]2COc3ccccc3O2)CC1. The first-order valence-corrected chi connectivity index (χ1v) is 12.0. The second-order valence-corrected chi connectivity index (χ2v) is 8.80. The van der Waals surface area contributed by atoms with Gasteiger partial charge >= 0.3 is 0 Å². The molecule has 7 heteroatoms. The van der Waals surface area contributed by atoms with Crippen molar-refractivity contribution in [3.05, 3.63) is 78.9 Å². The molecule has 7 nitrogen and oxygen atoms in total. The number of rotatable bonds is 5. The molecule has 0 aliphatic carbocycles. The van der Waals surface area contributed by atoms with E-state index >= 15 is 0 Å². The molecule has 3 aromatic carbocycles. The summed E-state index contributed by atoms with van der Waals surface area (Å²) < 4.78 is 11.6. The van der Waals surface area contributed by atoms with Crippen LogP contribution in [0, 0.1) is 0 Å². The van der Waals surface area contributed by atoms with Gasteiger partial charge < -0.3 is 19.7 Å². The maximum atomic E-state index is 13.1. The Morgan fingerprint density at radius 1 is 0.857 bits per heavy atom. The third-order valence-electron chi connectivity index (χ3n) is 6.61. The van der Waals surface area contributed by atoms with Gasteiger partial charge in [-0.15, -0.1) is 0 Å². The topological polar surface area (TPSA) is 71.1 Å². The Morgan fingerprint density at radius 3 is 2.29 bits per heavy atom. The molecule has 35 heavy (non-hydrogen) atoms. The lowest BCUT2D eigenvalue weighted by atomic mass is 10.0. The predicted molar refractivity (Wildman–Crippen MR) is 134 cm³/mol. The Bertz CT molecular complexity index is 1190. The molecule has 1 fully saturated rings. The smallest absolute Gasteiger partial charge is 0.267 e. The van der Waals surface area contributed by atoms with Gasteiger partial charge in [0, 0.05) is 37.4 Å². The first kappa shape index (κ1) is 22.9. The standard InChI is InChI=1S/C28H29N3O4/c1-20(27(32)29-23-12-6-5-11-22(23)21-9-3-2-4-10-21)30-15-17-31(18-16-30)28(33)26-19-34-24-13-7-8-14-25(24)35-26/h2-14,20,26H,15-19H2,1H3,(H,29,32)/t20-,26-/m1/s1. The molecule has 1 saturated heterocycles. The molecule has 2 atom stereocenters. The van der Waals surface area contributed by atoms with Gasteiger partial charge in [0.25, 0.3) is 5.91 Å². The Balaban J connectivity index is 1.17. The second-order valence-electron chi connectivity index (χ2n) is 8.80. The molecule has 0 spiro atoms. The number of carbonyl (C=O) groups is 2. The van der Waals surface area contributed by atoms with Crippen LogP contribution in [0.5, 0.6) is 11.5 Å². The van der Waals surface area contributed by atoms with Crippen molar-refractivity contribution in [2.45, 2.75) is 19.1 Å². The molecule has 1 N–H and O–H groups in total. The van der Waals surface area contributed by atoms with Crippen LogP contribution in [0.1, 0.15) is 6.92 Å². The number of nitrogens with one attached hydrogen (secondary N) is 1. The number of ether oxygens (including phenoxy) is 2. The maximum Gasteiger partial charge on any atom is 0.267 e. The van der Waals surface area contributed by atoms with Crippen LogP contribution in [0.25, 0.3) is 11.1 Å². The number of nitrogens with zero attached hydrogens (tertiary/aromatic N) is 2. The third-order valence-corrected chi connectivity index (χ3v) is 6.61. The van der Waals surface area contributed by atoms with Crippen LogP contribution in [0.2, 0.25) is 0 Å². The van der Waals surface area contributed by atoms with E-state index in [0.717, 1.165) is 16.8 Å². The highest BCUT2D eigenvalue weighted by atomic mass is 16.6. The van der Waals surface area contributed by atoms with E-state index in [2.05, 4.69) is 10.2 Å². The van der Waals surface area contributed by atoms with Gasteiger partial charge in [-0.05, 0) is 30.7 Å². The van der Waals surface area contributed by atoms with Gasteiger partial charge in [-0.1, -0.05) is 60.7 Å². The maximum absolute atomic E-state index is 13.1. The minimum absolute atomic E-state index is 0.0613. The molecule has 180 valence electrons. The van der Waals surface area contributed by atoms with Crippen LogP contribution >= 0.6 is 0 Å². The van der Waals surface area contributed by atoms with E-state index in [9.17, 15) is 9.59 Å². The van der Waals surface area contributed by atoms with E-state index in [4.69, 9.17) is 9.47 Å². The Labute approximate surface area is 205 Å². The fraction of sp³-hybridized carbons (Fsp3) is 0.286. The summed E-state index contributed by atoms with van der Waals surface area (Å²) in [7, 11) is 0. The Morgan fingerprint density at radius 2 is 1.51 bits per heavy atom. The van der Waals surface area contributed by atoms with Crippen LogP contribution in [-0.2, 0) is 9.59 Å². The van der Waals surface area contributed by atoms with Crippen LogP contribution in [-0.4, -0.2) is 66.5 Å². The van der Waals surface area contributed by atoms with Gasteiger partial charge in [-0.25, -0.2) is 0 Å². The first-order valence-electron chi connectivity index (χ1n) is 12.0. The average Bonchev–Trinajstić information content (AvgIpc) is 2.93. The van der Waals surface area contributed by atoms with E-state index in [0.29, 0.717) is 37.7 Å². The normalized spacial score (nSPS) is 18.5. The van der Waals surface area contributed by atoms with E-state index in [1.165, 1.54) is 0 Å². The van der Waals surface area contributed by atoms with Crippen molar-refractivity contribution in [3.63, 3.8) is 0 Å². The summed E-state index contributed by atoms with van der Waals surface area (Å²) in [6.07, 6.45) is -0.647. The molecular formula is C28H29N3O4. The zero-order valence-electron chi connectivity index (χ0n) is 19.7. The number of benzene rings is 3. The number of piperazine rings is 1. The molecule has 5 rings (SSSR count). The fourth-order valence-corrected chi connectivity index (χ4v) is 4.54. The molecule has 2 heterocycles. The molecule has 0 saturated carbocycles. The van der Waals surface area contributed by atoms with Gasteiger partial charge in [-0.3, -0.25) is 14.5 Å². The molecular weight excluding hydrogens is 442 g/mol. The number of anilines is 1. The van der Waals surface area contributed by atoms with Crippen LogP contribution in [0.3, 0.4) is 0 Å². The largest absolute Gasteiger partial charge is 0.485 e. The number of hydrogen-bond acceptors (Lipinski definition) is 5. The zero-order valence-corrected chi connectivity index (χ0v) is 19.7. The molecule has 0 radical (unpaired) electrons. The number of carbonyl (C=O) groups excluding carboxylic acids is 2. The van der Waals surface area contributed by atoms with Crippen molar-refractivity contribution in [2.75, 3.05) is 38.1 Å². The van der Waals surface area contributed by atoms with E-state index in [-0.39, 0.29) is 24.5 Å². The van der Waals surface area contributed by atoms with Crippen molar-refractivity contribution in [3.8, 4) is 22.6 Å². The summed E-state index contributed by atoms with van der Waals surface area (Å²) in [5.74, 6) is 1.12. The highest BCUT2D eigenvalue weighted by molar-refractivity contribution is 5.98. The molecule has 0 bridgehead atoms. The minimum Gasteiger partial charge on any atom is -0.485 e. The summed E-state index contributed by atoms with van der Waals surface area (Å²) in [6, 6.07) is 24.9. The summed E-state index contributed by atoms with van der Waals surface area (Å²) in [5, 5.41) is 3.10. The van der Waals surface area contributed by atoms with Crippen molar-refractivity contribution in [2.24, 2.45) is 0 Å². The van der Waals surface area contributed by atoms with Crippen LogP contribution in [0.15, 0.2) is 78.9 Å². The summed E-state index contributed by atoms with van der Waals surface area (Å²) >= 11 is 0. The number of amides is 2. The summed E-state index contributed by atoms with van der Waals surface area (Å²) in [4.78, 5) is 30.0. The molecule has 3 aromatic rings. The lowest BCUT2D eigenvalue weighted by Crippen LogP contribution is -2.57. The van der Waals surface area contributed by atoms with Crippen molar-refractivity contribution >= 4 is 17.5 Å². The van der Waals surface area contributed by atoms with Gasteiger partial charge in [0.2, 0.25) is 12.0 Å². The van der Waals surface area contributed by atoms with Crippen LogP contribution < -0.4 is 14.8 Å². The second kappa shape index (κ2) is 10.2. The van der Waals surface area contributed by atoms with Crippen molar-refractivity contribution in [1.82, 2.24) is 9.80 Å². The van der Waals surface area contributed by atoms with E-state index < -0.39 is 6.10 Å². The van der Waals surface area contributed by atoms with E-state index in [1.54, 1.807) is 4.90 Å². The molecule has 2 amide bonds. The molecule has 0 aromatic heterocycles. The minimum atomic E-state index is -0.647. The van der Waals surface area contributed by atoms with Gasteiger partial charge in [0.05, 0.1) is 6.04 Å². The zero-order chi connectivity index (χ0) is 24.2. The molecule has 0 unspecified atom stereocenters. The summed E-state index contributed by atoms with van der Waals surface area (Å²) in [5.41, 5.74) is 2.83. The lowest BCUT2D eigenvalue weighted by Gasteiger charge is -2.39. The molecule has 2 aliphatic rings. The Hall–Kier alpha value is -3.84. The highest BCUT2D eigenvalue weighted by Gasteiger charge is 2.34. The van der Waals surface area contributed by atoms with Gasteiger partial charge in [0.15, 0.2) is 11.5 Å². The fourth-order valence-electron chi connectivity index (χ4n) is 4.54. The van der Waals surface area contributed by atoms with Crippen molar-refractivity contribution < 1.29 is 19.1 Å². The predicted octanol–water partition coefficient (Wildman–Crippen LogP) is 3.66. The number of para-hydroxylation sites is 3. The third kappa shape index (κ3) is 5.00. The van der Waals surface area contributed by atoms with Crippen molar-refractivity contribution in [1.29, 1.82) is 0 Å². The number of hydrogen-bond donors (Lipinski definition) is 1. The molecule has 2 aliphatic heterocycles. The summed E-state index contributed by atoms with van der Waals surface area (Å²) in [6.45, 7) is 4.43. The Kier molecular flexibility index (Phi) is 6.68. The van der Waals surface area contributed by atoms with Gasteiger partial charge in [-0.2, -0.15) is 0 Å².